The standard InChI is InChI=1S/C14H20BrClN2O/c1-4-5-9(2)17-14(19)10(3)18-13-7-6-11(15)8-12(13)16/h6-10,18H,4-5H2,1-3H3,(H,17,19). The van der Waals surface area contributed by atoms with Crippen LogP contribution in [0.5, 0.6) is 0 Å². The lowest BCUT2D eigenvalue weighted by atomic mass is 10.2. The second-order valence-corrected chi connectivity index (χ2v) is 6.01. The van der Waals surface area contributed by atoms with Crippen LogP contribution < -0.4 is 10.6 Å². The van der Waals surface area contributed by atoms with Gasteiger partial charge in [0, 0.05) is 10.5 Å². The largest absolute Gasteiger partial charge is 0.373 e. The first kappa shape index (κ1) is 16.3. The molecule has 1 aromatic carbocycles. The van der Waals surface area contributed by atoms with Gasteiger partial charge in [-0.3, -0.25) is 4.79 Å². The molecule has 0 fully saturated rings. The van der Waals surface area contributed by atoms with Crippen molar-refractivity contribution < 1.29 is 4.79 Å². The zero-order valence-corrected chi connectivity index (χ0v) is 13.8. The first-order valence-corrected chi connectivity index (χ1v) is 7.63. The second-order valence-electron chi connectivity index (χ2n) is 4.69. The van der Waals surface area contributed by atoms with Crippen molar-refractivity contribution in [3.63, 3.8) is 0 Å². The summed E-state index contributed by atoms with van der Waals surface area (Å²) in [6.07, 6.45) is 2.04. The highest BCUT2D eigenvalue weighted by Gasteiger charge is 2.15. The van der Waals surface area contributed by atoms with Gasteiger partial charge in [-0.2, -0.15) is 0 Å². The van der Waals surface area contributed by atoms with Crippen LogP contribution in [0.15, 0.2) is 22.7 Å². The molecule has 1 aromatic rings. The van der Waals surface area contributed by atoms with E-state index < -0.39 is 0 Å². The Hall–Kier alpha value is -0.740. The second kappa shape index (κ2) is 7.75. The fraction of sp³-hybridized carbons (Fsp3) is 0.500. The van der Waals surface area contributed by atoms with E-state index >= 15 is 0 Å². The van der Waals surface area contributed by atoms with Crippen LogP contribution in [-0.4, -0.2) is 18.0 Å². The Kier molecular flexibility index (Phi) is 6.66. The molecule has 0 spiro atoms. The van der Waals surface area contributed by atoms with E-state index in [0.717, 1.165) is 23.0 Å². The molecular weight excluding hydrogens is 328 g/mol. The highest BCUT2D eigenvalue weighted by atomic mass is 79.9. The van der Waals surface area contributed by atoms with E-state index in [4.69, 9.17) is 11.6 Å². The number of halogens is 2. The van der Waals surface area contributed by atoms with Crippen LogP contribution in [0.25, 0.3) is 0 Å². The van der Waals surface area contributed by atoms with Gasteiger partial charge in [0.2, 0.25) is 5.91 Å². The maximum absolute atomic E-state index is 12.0. The average Bonchev–Trinajstić information content (AvgIpc) is 2.32. The molecule has 19 heavy (non-hydrogen) atoms. The Morgan fingerprint density at radius 2 is 2.11 bits per heavy atom. The molecular formula is C14H20BrClN2O. The van der Waals surface area contributed by atoms with Crippen molar-refractivity contribution in [2.75, 3.05) is 5.32 Å². The number of benzene rings is 1. The Morgan fingerprint density at radius 1 is 1.42 bits per heavy atom. The van der Waals surface area contributed by atoms with Crippen LogP contribution in [0.2, 0.25) is 5.02 Å². The minimum Gasteiger partial charge on any atom is -0.373 e. The van der Waals surface area contributed by atoms with Crippen LogP contribution >= 0.6 is 27.5 Å². The molecule has 0 bridgehead atoms. The number of nitrogens with one attached hydrogen (secondary N) is 2. The number of amides is 1. The summed E-state index contributed by atoms with van der Waals surface area (Å²) in [5.74, 6) is -0.0139. The zero-order chi connectivity index (χ0) is 14.4. The molecule has 106 valence electrons. The van der Waals surface area contributed by atoms with E-state index in [9.17, 15) is 4.79 Å². The van der Waals surface area contributed by atoms with Crippen molar-refractivity contribution in [3.8, 4) is 0 Å². The lowest BCUT2D eigenvalue weighted by Crippen LogP contribution is -2.42. The summed E-state index contributed by atoms with van der Waals surface area (Å²) in [6.45, 7) is 5.94. The van der Waals surface area contributed by atoms with E-state index in [-0.39, 0.29) is 18.0 Å². The topological polar surface area (TPSA) is 41.1 Å². The van der Waals surface area contributed by atoms with E-state index in [1.165, 1.54) is 0 Å². The third-order valence-electron chi connectivity index (χ3n) is 2.81. The van der Waals surface area contributed by atoms with E-state index in [1.54, 1.807) is 6.07 Å². The summed E-state index contributed by atoms with van der Waals surface area (Å²) < 4.78 is 0.914. The van der Waals surface area contributed by atoms with E-state index in [0.29, 0.717) is 5.02 Å². The molecule has 1 rings (SSSR count). The molecule has 0 heterocycles. The minimum absolute atomic E-state index is 0.0139. The molecule has 0 aromatic heterocycles. The number of anilines is 1. The predicted molar refractivity (Wildman–Crippen MR) is 84.7 cm³/mol. The summed E-state index contributed by atoms with van der Waals surface area (Å²) in [5, 5.41) is 6.69. The molecule has 2 unspecified atom stereocenters. The number of carbonyl (C=O) groups is 1. The summed E-state index contributed by atoms with van der Waals surface area (Å²) in [6, 6.07) is 5.42. The van der Waals surface area contributed by atoms with Crippen molar-refractivity contribution in [1.29, 1.82) is 0 Å². The lowest BCUT2D eigenvalue weighted by molar-refractivity contribution is -0.122. The van der Waals surface area contributed by atoms with Gasteiger partial charge < -0.3 is 10.6 Å². The smallest absolute Gasteiger partial charge is 0.242 e. The monoisotopic (exact) mass is 346 g/mol. The van der Waals surface area contributed by atoms with Gasteiger partial charge in [0.1, 0.15) is 6.04 Å². The Morgan fingerprint density at radius 3 is 2.68 bits per heavy atom. The number of rotatable bonds is 6. The molecule has 2 atom stereocenters. The van der Waals surface area contributed by atoms with E-state index in [2.05, 4.69) is 33.5 Å². The van der Waals surface area contributed by atoms with Crippen LogP contribution in [0.1, 0.15) is 33.6 Å². The SMILES string of the molecule is CCCC(C)NC(=O)C(C)Nc1ccc(Br)cc1Cl. The van der Waals surface area contributed by atoms with Crippen LogP contribution in [-0.2, 0) is 4.79 Å². The van der Waals surface area contributed by atoms with Crippen molar-refractivity contribution in [2.24, 2.45) is 0 Å². The quantitative estimate of drug-likeness (QED) is 0.809. The van der Waals surface area contributed by atoms with Crippen LogP contribution in [0, 0.1) is 0 Å². The normalized spacial score (nSPS) is 13.7. The summed E-state index contributed by atoms with van der Waals surface area (Å²) in [7, 11) is 0. The number of hydrogen-bond acceptors (Lipinski definition) is 2. The maximum Gasteiger partial charge on any atom is 0.242 e. The van der Waals surface area contributed by atoms with Gasteiger partial charge in [-0.25, -0.2) is 0 Å². The fourth-order valence-corrected chi connectivity index (χ4v) is 2.51. The van der Waals surface area contributed by atoms with Crippen molar-refractivity contribution in [3.05, 3.63) is 27.7 Å². The Balaban J connectivity index is 2.58. The van der Waals surface area contributed by atoms with Crippen LogP contribution in [0.3, 0.4) is 0 Å². The van der Waals surface area contributed by atoms with Crippen molar-refractivity contribution in [1.82, 2.24) is 5.32 Å². The fourth-order valence-electron chi connectivity index (χ4n) is 1.78. The minimum atomic E-state index is -0.321. The van der Waals surface area contributed by atoms with Gasteiger partial charge in [-0.15, -0.1) is 0 Å². The summed E-state index contributed by atoms with van der Waals surface area (Å²) >= 11 is 9.46. The molecule has 2 N–H and O–H groups in total. The van der Waals surface area contributed by atoms with Gasteiger partial charge in [0.05, 0.1) is 10.7 Å². The molecule has 0 aliphatic carbocycles. The first-order chi connectivity index (χ1) is 8.93. The molecule has 0 aliphatic heterocycles. The van der Waals surface area contributed by atoms with Crippen LogP contribution in [0.4, 0.5) is 5.69 Å². The molecule has 1 amide bonds. The Labute approximate surface area is 128 Å². The molecule has 5 heteroatoms. The van der Waals surface area contributed by atoms with Crippen molar-refractivity contribution >= 4 is 39.1 Å². The van der Waals surface area contributed by atoms with Gasteiger partial charge in [-0.1, -0.05) is 40.9 Å². The Bertz CT molecular complexity index is 439. The summed E-state index contributed by atoms with van der Waals surface area (Å²) in [5.41, 5.74) is 0.760. The maximum atomic E-state index is 12.0. The third kappa shape index (κ3) is 5.41. The van der Waals surface area contributed by atoms with Gasteiger partial charge in [0.15, 0.2) is 0 Å². The average molecular weight is 348 g/mol. The molecule has 3 nitrogen and oxygen atoms in total. The first-order valence-electron chi connectivity index (χ1n) is 6.46. The van der Waals surface area contributed by atoms with Gasteiger partial charge in [-0.05, 0) is 38.5 Å². The summed E-state index contributed by atoms with van der Waals surface area (Å²) in [4.78, 5) is 12.0. The van der Waals surface area contributed by atoms with Gasteiger partial charge in [0.25, 0.3) is 0 Å². The highest BCUT2D eigenvalue weighted by molar-refractivity contribution is 9.10. The third-order valence-corrected chi connectivity index (χ3v) is 3.61. The number of hydrogen-bond donors (Lipinski definition) is 2. The molecule has 0 saturated carbocycles. The highest BCUT2D eigenvalue weighted by Crippen LogP contribution is 2.26. The molecule has 0 aliphatic rings. The molecule has 0 radical (unpaired) electrons. The lowest BCUT2D eigenvalue weighted by Gasteiger charge is -2.19. The van der Waals surface area contributed by atoms with Crippen molar-refractivity contribution in [2.45, 2.75) is 45.7 Å². The zero-order valence-electron chi connectivity index (χ0n) is 11.5. The van der Waals surface area contributed by atoms with Gasteiger partial charge >= 0.3 is 0 Å². The number of carbonyl (C=O) groups excluding carboxylic acids is 1. The molecule has 0 saturated heterocycles. The predicted octanol–water partition coefficient (Wildman–Crippen LogP) is 4.21. The van der Waals surface area contributed by atoms with E-state index in [1.807, 2.05) is 26.0 Å².